The van der Waals surface area contributed by atoms with Gasteiger partial charge >= 0.3 is 0 Å². The molecule has 9 heavy (non-hydrogen) atoms. The van der Waals surface area contributed by atoms with Crippen LogP contribution in [0.3, 0.4) is 0 Å². The van der Waals surface area contributed by atoms with Crippen molar-refractivity contribution < 1.29 is 0 Å². The highest BCUT2D eigenvalue weighted by Gasteiger charge is 2.13. The lowest BCUT2D eigenvalue weighted by Crippen LogP contribution is -2.24. The Morgan fingerprint density at radius 2 is 2.56 bits per heavy atom. The third kappa shape index (κ3) is 2.56. The Hall–Kier alpha value is 0.270. The Balaban J connectivity index is 1.98. The van der Waals surface area contributed by atoms with Gasteiger partial charge in [0.25, 0.3) is 0 Å². The van der Waals surface area contributed by atoms with E-state index >= 15 is 0 Å². The van der Waals surface area contributed by atoms with E-state index in [0.717, 1.165) is 12.5 Å². The molecule has 3 heteroatoms. The summed E-state index contributed by atoms with van der Waals surface area (Å²) < 4.78 is 0. The molecule has 0 aliphatic carbocycles. The minimum Gasteiger partial charge on any atom is -0.271 e. The van der Waals surface area contributed by atoms with Crippen molar-refractivity contribution in [1.82, 2.24) is 5.43 Å². The summed E-state index contributed by atoms with van der Waals surface area (Å²) in [6, 6.07) is 0. The lowest BCUT2D eigenvalue weighted by Gasteiger charge is -2.05. The molecule has 0 aromatic carbocycles. The van der Waals surface area contributed by atoms with Crippen LogP contribution in [-0.4, -0.2) is 18.1 Å². The fourth-order valence-corrected chi connectivity index (χ4v) is 2.43. The molecule has 1 aliphatic rings. The molecule has 1 heterocycles. The first-order valence-electron chi connectivity index (χ1n) is 3.44. The van der Waals surface area contributed by atoms with Gasteiger partial charge in [-0.15, -0.1) is 0 Å². The van der Waals surface area contributed by atoms with Crippen molar-refractivity contribution in [2.24, 2.45) is 11.8 Å². The predicted molar refractivity (Wildman–Crippen MR) is 42.2 cm³/mol. The first kappa shape index (κ1) is 7.38. The molecule has 0 bridgehead atoms. The van der Waals surface area contributed by atoms with Gasteiger partial charge in [0, 0.05) is 6.54 Å². The van der Waals surface area contributed by atoms with Gasteiger partial charge in [0.1, 0.15) is 0 Å². The Morgan fingerprint density at radius 3 is 3.11 bits per heavy atom. The van der Waals surface area contributed by atoms with E-state index in [1.807, 2.05) is 0 Å². The van der Waals surface area contributed by atoms with Crippen LogP contribution in [0.25, 0.3) is 0 Å². The summed E-state index contributed by atoms with van der Waals surface area (Å²) in [4.78, 5) is 0. The minimum absolute atomic E-state index is 0.936. The van der Waals surface area contributed by atoms with Crippen LogP contribution >= 0.6 is 11.8 Å². The second-order valence-corrected chi connectivity index (χ2v) is 3.62. The van der Waals surface area contributed by atoms with Crippen LogP contribution < -0.4 is 11.3 Å². The molecule has 0 amide bonds. The second kappa shape index (κ2) is 4.14. The van der Waals surface area contributed by atoms with E-state index in [0.29, 0.717) is 0 Å². The van der Waals surface area contributed by atoms with E-state index in [-0.39, 0.29) is 0 Å². The zero-order chi connectivity index (χ0) is 6.53. The number of nitrogens with one attached hydrogen (secondary N) is 1. The van der Waals surface area contributed by atoms with Crippen molar-refractivity contribution in [2.45, 2.75) is 12.8 Å². The topological polar surface area (TPSA) is 38.0 Å². The molecule has 0 aromatic rings. The Labute approximate surface area is 60.5 Å². The van der Waals surface area contributed by atoms with Gasteiger partial charge in [-0.2, -0.15) is 11.8 Å². The largest absolute Gasteiger partial charge is 0.271 e. The van der Waals surface area contributed by atoms with Crippen molar-refractivity contribution in [3.05, 3.63) is 0 Å². The van der Waals surface area contributed by atoms with Crippen LogP contribution in [-0.2, 0) is 0 Å². The van der Waals surface area contributed by atoms with Crippen LogP contribution in [0.15, 0.2) is 0 Å². The van der Waals surface area contributed by atoms with E-state index in [4.69, 9.17) is 5.84 Å². The predicted octanol–water partition coefficient (Wildman–Crippen LogP) is 0.593. The molecule has 1 saturated heterocycles. The smallest absolute Gasteiger partial charge is 0.0100 e. The van der Waals surface area contributed by atoms with Gasteiger partial charge in [0.2, 0.25) is 0 Å². The van der Waals surface area contributed by atoms with Gasteiger partial charge in [0.05, 0.1) is 0 Å². The number of rotatable bonds is 3. The van der Waals surface area contributed by atoms with Crippen molar-refractivity contribution >= 4 is 11.8 Å². The maximum absolute atomic E-state index is 5.15. The lowest BCUT2D eigenvalue weighted by atomic mass is 10.1. The average molecular weight is 146 g/mol. The maximum Gasteiger partial charge on any atom is 0.0100 e. The highest BCUT2D eigenvalue weighted by atomic mass is 32.2. The normalized spacial score (nSPS) is 27.0. The fourth-order valence-electron chi connectivity index (χ4n) is 1.10. The van der Waals surface area contributed by atoms with Crippen LogP contribution in [0.5, 0.6) is 0 Å². The molecule has 1 unspecified atom stereocenters. The lowest BCUT2D eigenvalue weighted by molar-refractivity contribution is 0.517. The summed E-state index contributed by atoms with van der Waals surface area (Å²) in [7, 11) is 0. The van der Waals surface area contributed by atoms with Gasteiger partial charge in [-0.05, 0) is 30.3 Å². The molecule has 2 nitrogen and oxygen atoms in total. The van der Waals surface area contributed by atoms with Crippen LogP contribution in [0, 0.1) is 5.92 Å². The average Bonchev–Trinajstić information content (AvgIpc) is 2.34. The quantitative estimate of drug-likeness (QED) is 0.452. The molecule has 1 fully saturated rings. The summed E-state index contributed by atoms with van der Waals surface area (Å²) in [6.07, 6.45) is 2.65. The summed E-state index contributed by atoms with van der Waals surface area (Å²) in [6.45, 7) is 0.977. The summed E-state index contributed by atoms with van der Waals surface area (Å²) in [5.74, 6) is 8.79. The van der Waals surface area contributed by atoms with E-state index in [1.165, 1.54) is 24.3 Å². The van der Waals surface area contributed by atoms with Crippen molar-refractivity contribution in [3.8, 4) is 0 Å². The van der Waals surface area contributed by atoms with Gasteiger partial charge in [-0.3, -0.25) is 11.3 Å². The zero-order valence-corrected chi connectivity index (χ0v) is 6.41. The van der Waals surface area contributed by atoms with Gasteiger partial charge < -0.3 is 0 Å². The monoisotopic (exact) mass is 146 g/mol. The second-order valence-electron chi connectivity index (χ2n) is 2.47. The molecular weight excluding hydrogens is 132 g/mol. The molecule has 0 spiro atoms. The number of thioether (sulfide) groups is 1. The van der Waals surface area contributed by atoms with Crippen LogP contribution in [0.4, 0.5) is 0 Å². The molecule has 3 N–H and O–H groups in total. The number of nitrogens with two attached hydrogens (primary N) is 1. The van der Waals surface area contributed by atoms with E-state index in [9.17, 15) is 0 Å². The molecule has 0 saturated carbocycles. The van der Waals surface area contributed by atoms with Gasteiger partial charge in [0.15, 0.2) is 0 Å². The summed E-state index contributed by atoms with van der Waals surface area (Å²) in [5, 5.41) is 0. The van der Waals surface area contributed by atoms with Gasteiger partial charge in [-0.1, -0.05) is 0 Å². The van der Waals surface area contributed by atoms with E-state index < -0.39 is 0 Å². The first-order valence-corrected chi connectivity index (χ1v) is 4.60. The molecule has 0 radical (unpaired) electrons. The Morgan fingerprint density at radius 1 is 1.67 bits per heavy atom. The molecule has 54 valence electrons. The highest BCUT2D eigenvalue weighted by Crippen LogP contribution is 2.25. The minimum atomic E-state index is 0.936. The fraction of sp³-hybridized carbons (Fsp3) is 1.00. The maximum atomic E-state index is 5.15. The number of hydrogen-bond donors (Lipinski definition) is 2. The van der Waals surface area contributed by atoms with Crippen molar-refractivity contribution in [3.63, 3.8) is 0 Å². The molecule has 1 atom stereocenters. The summed E-state index contributed by atoms with van der Waals surface area (Å²) in [5.41, 5.74) is 2.69. The molecule has 1 aliphatic heterocycles. The van der Waals surface area contributed by atoms with Crippen LogP contribution in [0.1, 0.15) is 12.8 Å². The Bertz CT molecular complexity index is 71.5. The molecular formula is C6H14N2S. The van der Waals surface area contributed by atoms with Crippen LogP contribution in [0.2, 0.25) is 0 Å². The molecule has 0 aromatic heterocycles. The number of hydrazine groups is 1. The zero-order valence-electron chi connectivity index (χ0n) is 5.60. The Kier molecular flexibility index (Phi) is 3.40. The third-order valence-electron chi connectivity index (χ3n) is 1.72. The SMILES string of the molecule is NNCCC1CCSC1. The molecule has 1 rings (SSSR count). The van der Waals surface area contributed by atoms with Crippen molar-refractivity contribution in [1.29, 1.82) is 0 Å². The van der Waals surface area contributed by atoms with E-state index in [2.05, 4.69) is 17.2 Å². The third-order valence-corrected chi connectivity index (χ3v) is 2.95. The van der Waals surface area contributed by atoms with Gasteiger partial charge in [-0.25, -0.2) is 0 Å². The first-order chi connectivity index (χ1) is 4.43. The summed E-state index contributed by atoms with van der Waals surface area (Å²) >= 11 is 2.06. The number of hydrogen-bond acceptors (Lipinski definition) is 3. The van der Waals surface area contributed by atoms with E-state index in [1.54, 1.807) is 0 Å². The highest BCUT2D eigenvalue weighted by molar-refractivity contribution is 7.99. The standard InChI is InChI=1S/C6H14N2S/c7-8-3-1-6-2-4-9-5-6/h6,8H,1-5,7H2. The van der Waals surface area contributed by atoms with Crippen molar-refractivity contribution in [2.75, 3.05) is 18.1 Å².